The number of hydrogen-bond donors (Lipinski definition) is 2. The molecule has 0 saturated heterocycles. The van der Waals surface area contributed by atoms with Gasteiger partial charge in [-0.05, 0) is 49.2 Å². The fourth-order valence-corrected chi connectivity index (χ4v) is 6.04. The van der Waals surface area contributed by atoms with Gasteiger partial charge in [-0.15, -0.1) is 0 Å². The highest BCUT2D eigenvalue weighted by atomic mass is 35.5. The number of azo groups is 1. The van der Waals surface area contributed by atoms with E-state index in [2.05, 4.69) is 20.1 Å². The molecule has 0 spiro atoms. The number of carbonyl (C=O) groups excluding carboxylic acids is 1. The van der Waals surface area contributed by atoms with E-state index in [1.807, 2.05) is 30.3 Å². The van der Waals surface area contributed by atoms with Crippen LogP contribution >= 0.6 is 23.2 Å². The highest BCUT2D eigenvalue weighted by molar-refractivity contribution is 7.89. The van der Waals surface area contributed by atoms with Crippen molar-refractivity contribution in [2.75, 3.05) is 11.6 Å². The number of halogens is 2. The Balaban J connectivity index is 1.48. The Labute approximate surface area is 235 Å². The van der Waals surface area contributed by atoms with E-state index in [4.69, 9.17) is 23.2 Å². The number of anilines is 1. The lowest BCUT2D eigenvalue weighted by Gasteiger charge is -2.15. The Morgan fingerprint density at radius 2 is 1.72 bits per heavy atom. The van der Waals surface area contributed by atoms with Crippen LogP contribution in [0.1, 0.15) is 12.5 Å². The van der Waals surface area contributed by atoms with Crippen LogP contribution in [0, 0.1) is 0 Å². The third-order valence-electron chi connectivity index (χ3n) is 5.57. The average Bonchev–Trinajstić information content (AvgIpc) is 3.16. The van der Waals surface area contributed by atoms with Crippen LogP contribution in [-0.2, 0) is 31.4 Å². The van der Waals surface area contributed by atoms with Gasteiger partial charge in [0, 0.05) is 6.54 Å². The highest BCUT2D eigenvalue weighted by Gasteiger charge is 2.36. The molecule has 0 aliphatic carbocycles. The quantitative estimate of drug-likeness (QED) is 0.266. The standard InChI is InChI=1S/C24H21Cl2N5O6S2/c1-15-23(24(32)31(30-15)21-13-20(26)22(14-19(21)25)39(35,36)37)29-28-17-8-5-9-18(12-17)38(33,34)27-11-10-16-6-3-2-4-7-16/h2-9,12-14,23,27H,10-11H2,1H3,(H,35,36,37). The molecule has 4 rings (SSSR count). The SMILES string of the molecule is CC1=NN(c2cc(Cl)c(S(=O)(=O)O)cc2Cl)C(=O)C1N=Nc1cccc(S(=O)(=O)NCCc2ccccc2)c1. The minimum absolute atomic E-state index is 0.0166. The summed E-state index contributed by atoms with van der Waals surface area (Å²) in [5.74, 6) is -0.653. The zero-order valence-corrected chi connectivity index (χ0v) is 23.3. The van der Waals surface area contributed by atoms with Gasteiger partial charge in [-0.25, -0.2) is 13.1 Å². The summed E-state index contributed by atoms with van der Waals surface area (Å²) < 4.78 is 60.2. The zero-order valence-electron chi connectivity index (χ0n) is 20.2. The van der Waals surface area contributed by atoms with E-state index < -0.39 is 37.0 Å². The molecular formula is C24H21Cl2N5O6S2. The van der Waals surface area contributed by atoms with Gasteiger partial charge in [0.05, 0.1) is 32.0 Å². The lowest BCUT2D eigenvalue weighted by molar-refractivity contribution is -0.117. The maximum absolute atomic E-state index is 13.0. The number of rotatable bonds is 9. The number of benzene rings is 3. The molecule has 0 radical (unpaired) electrons. The number of nitrogens with zero attached hydrogens (tertiary/aromatic N) is 4. The van der Waals surface area contributed by atoms with Gasteiger partial charge >= 0.3 is 0 Å². The van der Waals surface area contributed by atoms with Crippen LogP contribution in [0.15, 0.2) is 91.9 Å². The van der Waals surface area contributed by atoms with Crippen LogP contribution in [-0.4, -0.2) is 45.6 Å². The van der Waals surface area contributed by atoms with Gasteiger partial charge in [0.25, 0.3) is 16.0 Å². The van der Waals surface area contributed by atoms with Crippen molar-refractivity contribution in [1.82, 2.24) is 4.72 Å². The highest BCUT2D eigenvalue weighted by Crippen LogP contribution is 2.36. The van der Waals surface area contributed by atoms with Crippen molar-refractivity contribution in [3.63, 3.8) is 0 Å². The number of hydrazone groups is 1. The van der Waals surface area contributed by atoms with Crippen molar-refractivity contribution in [3.05, 3.63) is 82.3 Å². The van der Waals surface area contributed by atoms with Gasteiger partial charge in [-0.1, -0.05) is 59.6 Å². The van der Waals surface area contributed by atoms with Crippen LogP contribution < -0.4 is 9.73 Å². The van der Waals surface area contributed by atoms with Crippen molar-refractivity contribution < 1.29 is 26.2 Å². The largest absolute Gasteiger partial charge is 0.296 e. The summed E-state index contributed by atoms with van der Waals surface area (Å²) in [6.45, 7) is 1.74. The van der Waals surface area contributed by atoms with E-state index in [0.717, 1.165) is 22.7 Å². The molecule has 11 nitrogen and oxygen atoms in total. The molecule has 204 valence electrons. The topological polar surface area (TPSA) is 158 Å². The van der Waals surface area contributed by atoms with Gasteiger partial charge < -0.3 is 0 Å². The predicted octanol–water partition coefficient (Wildman–Crippen LogP) is 4.64. The van der Waals surface area contributed by atoms with Crippen LogP contribution in [0.4, 0.5) is 11.4 Å². The van der Waals surface area contributed by atoms with Crippen molar-refractivity contribution >= 4 is 66.3 Å². The molecule has 39 heavy (non-hydrogen) atoms. The van der Waals surface area contributed by atoms with E-state index in [1.54, 1.807) is 0 Å². The Bertz CT molecular complexity index is 1700. The molecule has 0 aromatic heterocycles. The zero-order chi connectivity index (χ0) is 28.4. The van der Waals surface area contributed by atoms with Gasteiger partial charge in [0.1, 0.15) is 4.90 Å². The minimum atomic E-state index is -4.64. The average molecular weight is 611 g/mol. The molecule has 1 aliphatic rings. The normalized spacial score (nSPS) is 16.2. The second-order valence-corrected chi connectivity index (χ2v) is 12.3. The van der Waals surface area contributed by atoms with Gasteiger partial charge in [-0.2, -0.15) is 28.8 Å². The molecule has 0 saturated carbocycles. The molecular weight excluding hydrogens is 589 g/mol. The summed E-state index contributed by atoms with van der Waals surface area (Å²) in [6.07, 6.45) is 0.520. The van der Waals surface area contributed by atoms with E-state index in [0.29, 0.717) is 6.42 Å². The van der Waals surface area contributed by atoms with E-state index in [9.17, 15) is 26.2 Å². The fraction of sp³-hybridized carbons (Fsp3) is 0.167. The molecule has 1 atom stereocenters. The maximum Gasteiger partial charge on any atom is 0.296 e. The second-order valence-electron chi connectivity index (χ2n) is 8.35. The van der Waals surface area contributed by atoms with Crippen LogP contribution in [0.25, 0.3) is 0 Å². The Kier molecular flexibility index (Phi) is 8.49. The number of carbonyl (C=O) groups is 1. The third-order valence-corrected chi connectivity index (χ3v) is 8.65. The number of amides is 1. The summed E-state index contributed by atoms with van der Waals surface area (Å²) in [5.41, 5.74) is 1.42. The first-order chi connectivity index (χ1) is 18.4. The van der Waals surface area contributed by atoms with E-state index in [1.165, 1.54) is 31.2 Å². The molecule has 0 bridgehead atoms. The molecule has 1 heterocycles. The molecule has 0 fully saturated rings. The van der Waals surface area contributed by atoms with Crippen LogP contribution in [0.2, 0.25) is 10.0 Å². The molecule has 3 aromatic carbocycles. The molecule has 1 amide bonds. The summed E-state index contributed by atoms with van der Waals surface area (Å²) >= 11 is 12.1. The summed E-state index contributed by atoms with van der Waals surface area (Å²) in [7, 11) is -8.46. The fourth-order valence-electron chi connectivity index (χ4n) is 3.63. The third kappa shape index (κ3) is 6.69. The number of sulfonamides is 1. The summed E-state index contributed by atoms with van der Waals surface area (Å²) in [4.78, 5) is 12.4. The molecule has 1 unspecified atom stereocenters. The van der Waals surface area contributed by atoms with Crippen molar-refractivity contribution in [3.8, 4) is 0 Å². The summed E-state index contributed by atoms with van der Waals surface area (Å²) in [5, 5.41) is 12.5. The first kappa shape index (κ1) is 28.8. The lowest BCUT2D eigenvalue weighted by atomic mass is 10.2. The van der Waals surface area contributed by atoms with Gasteiger partial charge in [-0.3, -0.25) is 9.35 Å². The second kappa shape index (κ2) is 11.5. The minimum Gasteiger partial charge on any atom is -0.282 e. The Morgan fingerprint density at radius 1 is 1.00 bits per heavy atom. The van der Waals surface area contributed by atoms with Gasteiger partial charge in [0.15, 0.2) is 6.04 Å². The maximum atomic E-state index is 13.0. The molecule has 3 aromatic rings. The molecule has 15 heteroatoms. The molecule has 1 aliphatic heterocycles. The van der Waals surface area contributed by atoms with Crippen LogP contribution in [0.5, 0.6) is 0 Å². The Hall–Kier alpha value is -3.20. The first-order valence-electron chi connectivity index (χ1n) is 11.3. The van der Waals surface area contributed by atoms with Gasteiger partial charge in [0.2, 0.25) is 10.0 Å². The van der Waals surface area contributed by atoms with Crippen molar-refractivity contribution in [1.29, 1.82) is 0 Å². The van der Waals surface area contributed by atoms with E-state index >= 15 is 0 Å². The van der Waals surface area contributed by atoms with Crippen molar-refractivity contribution in [2.45, 2.75) is 29.2 Å². The summed E-state index contributed by atoms with van der Waals surface area (Å²) in [6, 6.07) is 16.1. The molecule has 2 N–H and O–H groups in total. The predicted molar refractivity (Wildman–Crippen MR) is 147 cm³/mol. The number of hydrogen-bond acceptors (Lipinski definition) is 8. The van der Waals surface area contributed by atoms with Crippen molar-refractivity contribution in [2.24, 2.45) is 15.3 Å². The lowest BCUT2D eigenvalue weighted by Crippen LogP contribution is -2.30. The Morgan fingerprint density at radius 3 is 2.41 bits per heavy atom. The monoisotopic (exact) mass is 609 g/mol. The number of nitrogens with one attached hydrogen (secondary N) is 1. The van der Waals surface area contributed by atoms with E-state index in [-0.39, 0.29) is 38.6 Å². The van der Waals surface area contributed by atoms with Crippen LogP contribution in [0.3, 0.4) is 0 Å². The smallest absolute Gasteiger partial charge is 0.282 e. The first-order valence-corrected chi connectivity index (χ1v) is 14.9.